The monoisotopic (exact) mass is 405 g/mol. The average Bonchev–Trinajstić information content (AvgIpc) is 3.21. The maximum Gasteiger partial charge on any atom is 0.227 e. The van der Waals surface area contributed by atoms with Gasteiger partial charge in [-0.3, -0.25) is 9.59 Å². The van der Waals surface area contributed by atoms with E-state index in [1.165, 1.54) is 0 Å². The summed E-state index contributed by atoms with van der Waals surface area (Å²) in [5.74, 6) is 0.411. The second-order valence-electron chi connectivity index (χ2n) is 5.96. The van der Waals surface area contributed by atoms with E-state index in [9.17, 15) is 9.59 Å². The third kappa shape index (κ3) is 4.07. The van der Waals surface area contributed by atoms with Gasteiger partial charge in [0, 0.05) is 42.6 Å². The number of hydrogen-bond donors (Lipinski definition) is 1. The summed E-state index contributed by atoms with van der Waals surface area (Å²) >= 11 is 3.41. The van der Waals surface area contributed by atoms with Crippen molar-refractivity contribution in [3.8, 4) is 0 Å². The molecule has 1 aliphatic heterocycles. The highest BCUT2D eigenvalue weighted by Gasteiger charge is 2.35. The molecule has 0 bridgehead atoms. The third-order valence-electron chi connectivity index (χ3n) is 4.30. The Bertz CT molecular complexity index is 776. The van der Waals surface area contributed by atoms with Crippen molar-refractivity contribution in [2.45, 2.75) is 26.3 Å². The van der Waals surface area contributed by atoms with Crippen LogP contribution in [0, 0.1) is 5.92 Å². The summed E-state index contributed by atoms with van der Waals surface area (Å²) in [5.41, 5.74) is 0.811. The van der Waals surface area contributed by atoms with Crippen molar-refractivity contribution < 1.29 is 9.59 Å². The molecule has 2 amide bonds. The standard InChI is InChI=1S/C17H20BrN5O2/c1-2-22-11-20-21-15(22)6-7-19-17(25)12-8-16(24)23(10-12)14-5-3-4-13(18)9-14/h3-5,9,11-12H,2,6-8,10H2,1H3,(H,19,25). The highest BCUT2D eigenvalue weighted by molar-refractivity contribution is 9.10. The van der Waals surface area contributed by atoms with Gasteiger partial charge in [-0.2, -0.15) is 0 Å². The molecular formula is C17H20BrN5O2. The van der Waals surface area contributed by atoms with Crippen LogP contribution in [0.5, 0.6) is 0 Å². The normalized spacial score (nSPS) is 17.1. The van der Waals surface area contributed by atoms with Gasteiger partial charge in [-0.15, -0.1) is 10.2 Å². The van der Waals surface area contributed by atoms with E-state index >= 15 is 0 Å². The lowest BCUT2D eigenvalue weighted by molar-refractivity contribution is -0.126. The summed E-state index contributed by atoms with van der Waals surface area (Å²) in [6.07, 6.45) is 2.54. The third-order valence-corrected chi connectivity index (χ3v) is 4.79. The number of anilines is 1. The maximum absolute atomic E-state index is 12.4. The lowest BCUT2D eigenvalue weighted by atomic mass is 10.1. The molecule has 1 N–H and O–H groups in total. The highest BCUT2D eigenvalue weighted by Crippen LogP contribution is 2.27. The first-order valence-electron chi connectivity index (χ1n) is 8.28. The molecular weight excluding hydrogens is 386 g/mol. The Kier molecular flexibility index (Phi) is 5.47. The van der Waals surface area contributed by atoms with Gasteiger partial charge in [0.2, 0.25) is 11.8 Å². The SMILES string of the molecule is CCn1cnnc1CCNC(=O)C1CC(=O)N(c2cccc(Br)c2)C1. The number of nitrogens with zero attached hydrogens (tertiary/aromatic N) is 4. The number of halogens is 1. The first-order chi connectivity index (χ1) is 12.1. The fraction of sp³-hybridized carbons (Fsp3) is 0.412. The molecule has 2 heterocycles. The van der Waals surface area contributed by atoms with Crippen molar-refractivity contribution in [1.82, 2.24) is 20.1 Å². The van der Waals surface area contributed by atoms with Crippen molar-refractivity contribution in [2.24, 2.45) is 5.92 Å². The number of nitrogens with one attached hydrogen (secondary N) is 1. The lowest BCUT2D eigenvalue weighted by Gasteiger charge is -2.17. The number of carbonyl (C=O) groups is 2. The summed E-state index contributed by atoms with van der Waals surface area (Å²) in [6, 6.07) is 7.55. The summed E-state index contributed by atoms with van der Waals surface area (Å²) in [7, 11) is 0. The second-order valence-corrected chi connectivity index (χ2v) is 6.88. The molecule has 1 saturated heterocycles. The molecule has 1 aliphatic rings. The van der Waals surface area contributed by atoms with Crippen molar-refractivity contribution in [1.29, 1.82) is 0 Å². The van der Waals surface area contributed by atoms with Crippen LogP contribution < -0.4 is 10.2 Å². The highest BCUT2D eigenvalue weighted by atomic mass is 79.9. The smallest absolute Gasteiger partial charge is 0.227 e. The molecule has 1 atom stereocenters. The van der Waals surface area contributed by atoms with Crippen molar-refractivity contribution >= 4 is 33.4 Å². The molecule has 0 saturated carbocycles. The predicted octanol–water partition coefficient (Wildman–Crippen LogP) is 1.77. The number of aryl methyl sites for hydroxylation is 1. The topological polar surface area (TPSA) is 80.1 Å². The van der Waals surface area contributed by atoms with Crippen LogP contribution in [0.1, 0.15) is 19.2 Å². The molecule has 8 heteroatoms. The van der Waals surface area contributed by atoms with Gasteiger partial charge >= 0.3 is 0 Å². The molecule has 25 heavy (non-hydrogen) atoms. The van der Waals surface area contributed by atoms with E-state index in [1.807, 2.05) is 35.8 Å². The second kappa shape index (κ2) is 7.77. The maximum atomic E-state index is 12.4. The van der Waals surface area contributed by atoms with E-state index in [0.29, 0.717) is 19.5 Å². The van der Waals surface area contributed by atoms with Gasteiger partial charge in [-0.05, 0) is 25.1 Å². The number of amides is 2. The van der Waals surface area contributed by atoms with Gasteiger partial charge in [-0.1, -0.05) is 22.0 Å². The van der Waals surface area contributed by atoms with Crippen LogP contribution in [0.3, 0.4) is 0 Å². The minimum absolute atomic E-state index is 0.0241. The summed E-state index contributed by atoms with van der Waals surface area (Å²) in [5, 5.41) is 10.8. The first-order valence-corrected chi connectivity index (χ1v) is 9.08. The number of benzene rings is 1. The number of hydrogen-bond acceptors (Lipinski definition) is 4. The Morgan fingerprint density at radius 3 is 3.04 bits per heavy atom. The lowest BCUT2D eigenvalue weighted by Crippen LogP contribution is -2.34. The van der Waals surface area contributed by atoms with Crippen LogP contribution in [0.25, 0.3) is 0 Å². The number of aromatic nitrogens is 3. The summed E-state index contributed by atoms with van der Waals surface area (Å²) in [4.78, 5) is 26.3. The van der Waals surface area contributed by atoms with E-state index < -0.39 is 0 Å². The average molecular weight is 406 g/mol. The van der Waals surface area contributed by atoms with Gasteiger partial charge in [0.15, 0.2) is 0 Å². The molecule has 7 nitrogen and oxygen atoms in total. The Morgan fingerprint density at radius 1 is 1.44 bits per heavy atom. The molecule has 132 valence electrons. The van der Waals surface area contributed by atoms with Crippen LogP contribution in [-0.4, -0.2) is 39.7 Å². The van der Waals surface area contributed by atoms with Gasteiger partial charge in [0.05, 0.1) is 5.92 Å². The van der Waals surface area contributed by atoms with Crippen molar-refractivity contribution in [3.63, 3.8) is 0 Å². The van der Waals surface area contributed by atoms with Gasteiger partial charge in [-0.25, -0.2) is 0 Å². The molecule has 0 spiro atoms. The van der Waals surface area contributed by atoms with E-state index in [2.05, 4.69) is 31.4 Å². The quantitative estimate of drug-likeness (QED) is 0.793. The Balaban J connectivity index is 1.54. The van der Waals surface area contributed by atoms with E-state index in [0.717, 1.165) is 22.5 Å². The molecule has 0 aliphatic carbocycles. The van der Waals surface area contributed by atoms with E-state index in [-0.39, 0.29) is 24.2 Å². The predicted molar refractivity (Wildman–Crippen MR) is 97.0 cm³/mol. The van der Waals surface area contributed by atoms with Crippen LogP contribution in [-0.2, 0) is 22.6 Å². The molecule has 1 aromatic heterocycles. The Hall–Kier alpha value is -2.22. The molecule has 3 rings (SSSR count). The van der Waals surface area contributed by atoms with Crippen LogP contribution in [0.15, 0.2) is 35.1 Å². The van der Waals surface area contributed by atoms with Gasteiger partial charge in [0.1, 0.15) is 12.2 Å². The molecule has 1 fully saturated rings. The zero-order chi connectivity index (χ0) is 17.8. The largest absolute Gasteiger partial charge is 0.355 e. The molecule has 1 aromatic carbocycles. The van der Waals surface area contributed by atoms with Crippen molar-refractivity contribution in [2.75, 3.05) is 18.0 Å². The van der Waals surface area contributed by atoms with Crippen LogP contribution in [0.2, 0.25) is 0 Å². The van der Waals surface area contributed by atoms with Crippen LogP contribution in [0.4, 0.5) is 5.69 Å². The minimum atomic E-state index is -0.324. The van der Waals surface area contributed by atoms with E-state index in [4.69, 9.17) is 0 Å². The minimum Gasteiger partial charge on any atom is -0.355 e. The summed E-state index contributed by atoms with van der Waals surface area (Å²) in [6.45, 7) is 3.71. The van der Waals surface area contributed by atoms with Gasteiger partial charge < -0.3 is 14.8 Å². The number of rotatable bonds is 6. The zero-order valence-electron chi connectivity index (χ0n) is 14.0. The fourth-order valence-corrected chi connectivity index (χ4v) is 3.34. The zero-order valence-corrected chi connectivity index (χ0v) is 15.6. The fourth-order valence-electron chi connectivity index (χ4n) is 2.96. The van der Waals surface area contributed by atoms with Crippen molar-refractivity contribution in [3.05, 3.63) is 40.9 Å². The van der Waals surface area contributed by atoms with Gasteiger partial charge in [0.25, 0.3) is 0 Å². The number of carbonyl (C=O) groups excluding carboxylic acids is 2. The molecule has 2 aromatic rings. The van der Waals surface area contributed by atoms with E-state index in [1.54, 1.807) is 11.2 Å². The Morgan fingerprint density at radius 2 is 2.28 bits per heavy atom. The first kappa shape index (κ1) is 17.6. The molecule has 0 radical (unpaired) electrons. The summed E-state index contributed by atoms with van der Waals surface area (Å²) < 4.78 is 2.85. The van der Waals surface area contributed by atoms with Crippen LogP contribution >= 0.6 is 15.9 Å². The molecule has 1 unspecified atom stereocenters. The Labute approximate surface area is 154 Å².